The normalized spacial score (nSPS) is 28.1. The first kappa shape index (κ1) is 21.9. The monoisotopic (exact) mass is 466 g/mol. The van der Waals surface area contributed by atoms with Crippen molar-refractivity contribution in [3.63, 3.8) is 0 Å². The molecule has 2 saturated heterocycles. The van der Waals surface area contributed by atoms with Crippen LogP contribution < -0.4 is 0 Å². The van der Waals surface area contributed by atoms with Crippen molar-refractivity contribution in [2.45, 2.75) is 65.6 Å². The van der Waals surface area contributed by atoms with Crippen molar-refractivity contribution in [2.75, 3.05) is 52.5 Å². The second kappa shape index (κ2) is 9.17. The molecule has 0 bridgehead atoms. The second-order valence-electron chi connectivity index (χ2n) is 8.47. The molecular formula is C18H38N2O4Sn. The van der Waals surface area contributed by atoms with Crippen molar-refractivity contribution in [3.05, 3.63) is 0 Å². The zero-order valence-electron chi connectivity index (χ0n) is 17.1. The van der Waals surface area contributed by atoms with E-state index in [9.17, 15) is 0 Å². The summed E-state index contributed by atoms with van der Waals surface area (Å²) in [5, 5.41) is 0. The fourth-order valence-corrected chi connectivity index (χ4v) is 11.0. The summed E-state index contributed by atoms with van der Waals surface area (Å²) < 4.78 is 25.6. The van der Waals surface area contributed by atoms with Crippen LogP contribution >= 0.6 is 0 Å². The van der Waals surface area contributed by atoms with Gasteiger partial charge in [0, 0.05) is 0 Å². The van der Waals surface area contributed by atoms with Crippen molar-refractivity contribution >= 4 is 20.0 Å². The van der Waals surface area contributed by atoms with Gasteiger partial charge in [0.15, 0.2) is 0 Å². The fraction of sp³-hybridized carbons (Fsp3) is 1.00. The van der Waals surface area contributed by atoms with Crippen LogP contribution in [0.15, 0.2) is 0 Å². The quantitative estimate of drug-likeness (QED) is 0.595. The second-order valence-corrected chi connectivity index (χ2v) is 14.1. The molecule has 6 nitrogen and oxygen atoms in total. The van der Waals surface area contributed by atoms with Gasteiger partial charge in [0.2, 0.25) is 0 Å². The third-order valence-electron chi connectivity index (χ3n) is 4.46. The van der Waals surface area contributed by atoms with Gasteiger partial charge in [0.05, 0.1) is 0 Å². The molecular weight excluding hydrogens is 427 g/mol. The van der Waals surface area contributed by atoms with E-state index in [0.717, 1.165) is 52.1 Å². The van der Waals surface area contributed by atoms with Crippen LogP contribution in [-0.2, 0) is 12.3 Å². The van der Waals surface area contributed by atoms with E-state index in [1.54, 1.807) is 0 Å². The summed E-state index contributed by atoms with van der Waals surface area (Å²) in [5.74, 6) is 0. The Morgan fingerprint density at radius 3 is 1.52 bits per heavy atom. The van der Waals surface area contributed by atoms with Crippen LogP contribution in [-0.4, -0.2) is 93.5 Å². The van der Waals surface area contributed by atoms with E-state index in [-0.39, 0.29) is 11.2 Å². The van der Waals surface area contributed by atoms with Gasteiger partial charge in [-0.25, -0.2) is 0 Å². The molecule has 2 aliphatic heterocycles. The Kier molecular flexibility index (Phi) is 8.01. The minimum absolute atomic E-state index is 0.329. The molecule has 0 N–H and O–H groups in total. The number of rotatable bonds is 4. The van der Waals surface area contributed by atoms with E-state index >= 15 is 0 Å². The van der Waals surface area contributed by atoms with Crippen LogP contribution in [0.3, 0.4) is 0 Å². The summed E-state index contributed by atoms with van der Waals surface area (Å²) >= 11 is -4.06. The Labute approximate surface area is 160 Å². The third kappa shape index (κ3) is 6.90. The first-order chi connectivity index (χ1) is 11.7. The Hall–Kier alpha value is 0.559. The molecule has 148 valence electrons. The standard InChI is InChI=1S/2C9H19NO2.Sn/c2*1-4-5-10(6-7-11)8-9(2,3)12;/h2*4-8H2,1-3H3;/q2*-2;+4. The summed E-state index contributed by atoms with van der Waals surface area (Å²) in [5.41, 5.74) is -0.659. The van der Waals surface area contributed by atoms with Crippen LogP contribution in [0.2, 0.25) is 0 Å². The van der Waals surface area contributed by atoms with Crippen LogP contribution in [0, 0.1) is 0 Å². The van der Waals surface area contributed by atoms with E-state index in [0.29, 0.717) is 13.2 Å². The zero-order chi connectivity index (χ0) is 18.6. The van der Waals surface area contributed by atoms with E-state index < -0.39 is 20.0 Å². The fourth-order valence-electron chi connectivity index (χ4n) is 3.77. The van der Waals surface area contributed by atoms with Crippen LogP contribution in [0.5, 0.6) is 0 Å². The summed E-state index contributed by atoms with van der Waals surface area (Å²) in [6, 6.07) is 0. The van der Waals surface area contributed by atoms with Crippen molar-refractivity contribution in [2.24, 2.45) is 0 Å². The van der Waals surface area contributed by atoms with Gasteiger partial charge in [-0.05, 0) is 0 Å². The van der Waals surface area contributed by atoms with Crippen molar-refractivity contribution in [1.82, 2.24) is 9.80 Å². The molecule has 0 saturated carbocycles. The van der Waals surface area contributed by atoms with Gasteiger partial charge in [0.1, 0.15) is 0 Å². The molecule has 0 unspecified atom stereocenters. The zero-order valence-corrected chi connectivity index (χ0v) is 20.0. The Morgan fingerprint density at radius 1 is 0.760 bits per heavy atom. The van der Waals surface area contributed by atoms with Gasteiger partial charge in [0.25, 0.3) is 0 Å². The maximum absolute atomic E-state index is 6.53. The molecule has 0 amide bonds. The van der Waals surface area contributed by atoms with Crippen molar-refractivity contribution in [1.29, 1.82) is 0 Å². The SMILES string of the molecule is CCCN1CC[O][Sn]2([O]CCN(CCC)CC(C)(C)[O]2)[O]C(C)(C)C1. The molecule has 0 aliphatic carbocycles. The van der Waals surface area contributed by atoms with Crippen LogP contribution in [0.1, 0.15) is 54.4 Å². The first-order valence-corrected chi connectivity index (χ1v) is 14.5. The molecule has 0 radical (unpaired) electrons. The van der Waals surface area contributed by atoms with E-state index in [2.05, 4.69) is 51.3 Å². The van der Waals surface area contributed by atoms with Gasteiger partial charge >= 0.3 is 160 Å². The minimum atomic E-state index is -4.06. The summed E-state index contributed by atoms with van der Waals surface area (Å²) in [7, 11) is 0. The van der Waals surface area contributed by atoms with Gasteiger partial charge in [-0.1, -0.05) is 0 Å². The van der Waals surface area contributed by atoms with Crippen LogP contribution in [0.25, 0.3) is 0 Å². The van der Waals surface area contributed by atoms with E-state index in [1.807, 2.05) is 0 Å². The number of hydrogen-bond donors (Lipinski definition) is 0. The van der Waals surface area contributed by atoms with Gasteiger partial charge < -0.3 is 0 Å². The molecule has 2 aliphatic rings. The van der Waals surface area contributed by atoms with Crippen LogP contribution in [0.4, 0.5) is 0 Å². The Balaban J connectivity index is 2.12. The van der Waals surface area contributed by atoms with Gasteiger partial charge in [-0.15, -0.1) is 0 Å². The van der Waals surface area contributed by atoms with Gasteiger partial charge in [-0.2, -0.15) is 0 Å². The number of hydrogen-bond acceptors (Lipinski definition) is 6. The summed E-state index contributed by atoms with van der Waals surface area (Å²) in [4.78, 5) is 4.82. The predicted octanol–water partition coefficient (Wildman–Crippen LogP) is 2.50. The topological polar surface area (TPSA) is 43.4 Å². The summed E-state index contributed by atoms with van der Waals surface area (Å²) in [6.45, 7) is 19.9. The average Bonchev–Trinajstić information content (AvgIpc) is 2.43. The average molecular weight is 465 g/mol. The molecule has 2 heterocycles. The molecule has 2 fully saturated rings. The molecule has 0 aromatic heterocycles. The Morgan fingerprint density at radius 2 is 1.16 bits per heavy atom. The van der Waals surface area contributed by atoms with Crippen molar-refractivity contribution < 1.29 is 12.3 Å². The Bertz CT molecular complexity index is 382. The predicted molar refractivity (Wildman–Crippen MR) is 101 cm³/mol. The van der Waals surface area contributed by atoms with E-state index in [4.69, 9.17) is 12.3 Å². The molecule has 2 rings (SSSR count). The van der Waals surface area contributed by atoms with Gasteiger partial charge in [-0.3, -0.25) is 0 Å². The molecule has 25 heavy (non-hydrogen) atoms. The van der Waals surface area contributed by atoms with Crippen molar-refractivity contribution in [3.8, 4) is 0 Å². The molecule has 0 atom stereocenters. The third-order valence-corrected chi connectivity index (χ3v) is 12.2. The first-order valence-electron chi connectivity index (χ1n) is 9.82. The van der Waals surface area contributed by atoms with E-state index in [1.165, 1.54) is 0 Å². The molecule has 0 aromatic rings. The molecule has 7 heteroatoms. The molecule has 0 aromatic carbocycles. The number of nitrogens with zero attached hydrogens (tertiary/aromatic N) is 2. The maximum atomic E-state index is 6.53. The summed E-state index contributed by atoms with van der Waals surface area (Å²) in [6.07, 6.45) is 2.27. The molecule has 1 spiro atoms.